The van der Waals surface area contributed by atoms with Crippen molar-refractivity contribution in [1.82, 2.24) is 15.5 Å². The Bertz CT molecular complexity index is 493. The summed E-state index contributed by atoms with van der Waals surface area (Å²) in [5.74, 6) is 1.64. The van der Waals surface area contributed by atoms with E-state index in [9.17, 15) is 0 Å². The molecule has 2 rings (SSSR count). The lowest BCUT2D eigenvalue weighted by molar-refractivity contribution is -0.0161. The Labute approximate surface area is 132 Å². The molecule has 1 heterocycles. The highest BCUT2D eigenvalue weighted by Gasteiger charge is 2.17. The van der Waals surface area contributed by atoms with Crippen LogP contribution in [0.2, 0.25) is 0 Å². The molecule has 1 aromatic carbocycles. The average Bonchev–Trinajstić information content (AvgIpc) is 2.55. The Morgan fingerprint density at radius 2 is 2.32 bits per heavy atom. The number of hydrogen-bond acceptors (Lipinski definition) is 4. The van der Waals surface area contributed by atoms with Crippen LogP contribution in [0.5, 0.6) is 5.75 Å². The van der Waals surface area contributed by atoms with Gasteiger partial charge in [-0.3, -0.25) is 4.99 Å². The van der Waals surface area contributed by atoms with Crippen molar-refractivity contribution in [3.63, 3.8) is 0 Å². The van der Waals surface area contributed by atoms with Crippen molar-refractivity contribution in [2.45, 2.75) is 12.6 Å². The van der Waals surface area contributed by atoms with E-state index in [1.54, 1.807) is 14.2 Å². The summed E-state index contributed by atoms with van der Waals surface area (Å²) in [5, 5.41) is 6.62. The van der Waals surface area contributed by atoms with Gasteiger partial charge < -0.3 is 25.0 Å². The van der Waals surface area contributed by atoms with E-state index < -0.39 is 0 Å². The Balaban J connectivity index is 1.77. The van der Waals surface area contributed by atoms with Crippen LogP contribution in [0.4, 0.5) is 0 Å². The number of guanidine groups is 1. The minimum atomic E-state index is 0.203. The lowest BCUT2D eigenvalue weighted by Gasteiger charge is -2.30. The molecule has 1 aromatic rings. The molecule has 1 unspecified atom stereocenters. The fourth-order valence-corrected chi connectivity index (χ4v) is 2.39. The maximum Gasteiger partial charge on any atom is 0.191 e. The molecular weight excluding hydrogens is 280 g/mol. The van der Waals surface area contributed by atoms with Crippen molar-refractivity contribution in [3.05, 3.63) is 29.8 Å². The minimum absolute atomic E-state index is 0.203. The summed E-state index contributed by atoms with van der Waals surface area (Å²) >= 11 is 0. The third-order valence-electron chi connectivity index (χ3n) is 3.66. The normalized spacial score (nSPS) is 19.8. The lowest BCUT2D eigenvalue weighted by Crippen LogP contribution is -2.48. The number of aliphatic imine (C=N–C) groups is 1. The number of nitrogens with one attached hydrogen (secondary N) is 2. The molecule has 2 N–H and O–H groups in total. The first-order chi connectivity index (χ1) is 10.7. The molecule has 0 spiro atoms. The van der Waals surface area contributed by atoms with Crippen LogP contribution >= 0.6 is 0 Å². The van der Waals surface area contributed by atoms with E-state index in [1.165, 1.54) is 0 Å². The molecule has 0 aromatic heterocycles. The summed E-state index contributed by atoms with van der Waals surface area (Å²) in [6, 6.07) is 7.99. The molecule has 0 bridgehead atoms. The molecule has 0 radical (unpaired) electrons. The third-order valence-corrected chi connectivity index (χ3v) is 3.66. The number of morpholine rings is 1. The third kappa shape index (κ3) is 5.20. The molecule has 122 valence electrons. The molecule has 0 saturated carbocycles. The lowest BCUT2D eigenvalue weighted by atomic mass is 10.2. The van der Waals surface area contributed by atoms with Crippen LogP contribution in [-0.4, -0.2) is 64.4 Å². The predicted molar refractivity (Wildman–Crippen MR) is 88.4 cm³/mol. The first-order valence-electron chi connectivity index (χ1n) is 7.59. The molecule has 22 heavy (non-hydrogen) atoms. The average molecular weight is 306 g/mol. The van der Waals surface area contributed by atoms with Crippen LogP contribution in [0.1, 0.15) is 5.56 Å². The van der Waals surface area contributed by atoms with Crippen LogP contribution in [0.25, 0.3) is 0 Å². The van der Waals surface area contributed by atoms with E-state index >= 15 is 0 Å². The second-order valence-corrected chi connectivity index (χ2v) is 5.41. The van der Waals surface area contributed by atoms with E-state index in [-0.39, 0.29) is 6.10 Å². The van der Waals surface area contributed by atoms with E-state index in [0.717, 1.165) is 43.5 Å². The van der Waals surface area contributed by atoms with Crippen LogP contribution in [-0.2, 0) is 11.3 Å². The van der Waals surface area contributed by atoms with Gasteiger partial charge in [0.1, 0.15) is 5.75 Å². The maximum atomic E-state index is 5.73. The van der Waals surface area contributed by atoms with Crippen LogP contribution < -0.4 is 15.4 Å². The van der Waals surface area contributed by atoms with Crippen LogP contribution in [0.15, 0.2) is 29.3 Å². The van der Waals surface area contributed by atoms with Crippen molar-refractivity contribution in [2.75, 3.05) is 47.4 Å². The van der Waals surface area contributed by atoms with Crippen LogP contribution in [0, 0.1) is 0 Å². The zero-order valence-electron chi connectivity index (χ0n) is 13.6. The van der Waals surface area contributed by atoms with E-state index in [1.807, 2.05) is 18.2 Å². The van der Waals surface area contributed by atoms with Gasteiger partial charge in [0, 0.05) is 33.2 Å². The quantitative estimate of drug-likeness (QED) is 0.619. The van der Waals surface area contributed by atoms with Crippen molar-refractivity contribution in [3.8, 4) is 5.75 Å². The second-order valence-electron chi connectivity index (χ2n) is 5.41. The summed E-state index contributed by atoms with van der Waals surface area (Å²) in [6.45, 7) is 4.18. The van der Waals surface area contributed by atoms with Gasteiger partial charge in [0.2, 0.25) is 0 Å². The molecule has 6 heteroatoms. The van der Waals surface area contributed by atoms with Gasteiger partial charge in [0.15, 0.2) is 5.96 Å². The fourth-order valence-electron chi connectivity index (χ4n) is 2.39. The zero-order chi connectivity index (χ0) is 15.8. The molecule has 0 amide bonds. The number of benzene rings is 1. The van der Waals surface area contributed by atoms with Gasteiger partial charge in [-0.25, -0.2) is 0 Å². The van der Waals surface area contributed by atoms with Gasteiger partial charge in [0.25, 0.3) is 0 Å². The van der Waals surface area contributed by atoms with E-state index in [0.29, 0.717) is 6.54 Å². The van der Waals surface area contributed by atoms with Crippen molar-refractivity contribution >= 4 is 5.96 Å². The molecule has 0 aliphatic carbocycles. The molecule has 6 nitrogen and oxygen atoms in total. The second kappa shape index (κ2) is 8.60. The monoisotopic (exact) mass is 306 g/mol. The Hall–Kier alpha value is -1.79. The number of nitrogens with zero attached hydrogens (tertiary/aromatic N) is 2. The Kier molecular flexibility index (Phi) is 6.48. The predicted octanol–water partition coefficient (Wildman–Crippen LogP) is 0.691. The molecule has 1 atom stereocenters. The highest BCUT2D eigenvalue weighted by Crippen LogP contribution is 2.12. The molecule has 1 fully saturated rings. The highest BCUT2D eigenvalue weighted by atomic mass is 16.5. The molecule has 1 saturated heterocycles. The molecular formula is C16H26N4O2. The number of likely N-dealkylation sites (N-methyl/N-ethyl adjacent to an activating group) is 1. The molecule has 1 aliphatic heterocycles. The summed E-state index contributed by atoms with van der Waals surface area (Å²) in [7, 11) is 5.56. The topological polar surface area (TPSA) is 58.1 Å². The van der Waals surface area contributed by atoms with E-state index in [4.69, 9.17) is 9.47 Å². The number of ether oxygens (including phenoxy) is 2. The summed E-state index contributed by atoms with van der Waals surface area (Å²) in [4.78, 5) is 6.52. The first-order valence-corrected chi connectivity index (χ1v) is 7.59. The largest absolute Gasteiger partial charge is 0.497 e. The van der Waals surface area contributed by atoms with Gasteiger partial charge >= 0.3 is 0 Å². The number of rotatable bonds is 5. The summed E-state index contributed by atoms with van der Waals surface area (Å²) < 4.78 is 11.0. The Morgan fingerprint density at radius 3 is 3.05 bits per heavy atom. The van der Waals surface area contributed by atoms with Gasteiger partial charge in [-0.1, -0.05) is 12.1 Å². The van der Waals surface area contributed by atoms with Gasteiger partial charge in [-0.05, 0) is 24.7 Å². The van der Waals surface area contributed by atoms with Crippen LogP contribution in [0.3, 0.4) is 0 Å². The molecule has 1 aliphatic rings. The van der Waals surface area contributed by atoms with Gasteiger partial charge in [0.05, 0.1) is 19.8 Å². The van der Waals surface area contributed by atoms with Crippen molar-refractivity contribution in [2.24, 2.45) is 4.99 Å². The fraction of sp³-hybridized carbons (Fsp3) is 0.562. The summed E-state index contributed by atoms with van der Waals surface area (Å²) in [5.41, 5.74) is 1.15. The van der Waals surface area contributed by atoms with Gasteiger partial charge in [-0.2, -0.15) is 0 Å². The van der Waals surface area contributed by atoms with E-state index in [2.05, 4.69) is 33.6 Å². The highest BCUT2D eigenvalue weighted by molar-refractivity contribution is 5.79. The summed E-state index contributed by atoms with van der Waals surface area (Å²) in [6.07, 6.45) is 0.203. The smallest absolute Gasteiger partial charge is 0.191 e. The standard InChI is InChI=1S/C16H26N4O2/c1-17-16(19-11-15-12-20(2)7-8-22-15)18-10-13-5-4-6-14(9-13)21-3/h4-6,9,15H,7-8,10-12H2,1-3H3,(H2,17,18,19). The Morgan fingerprint density at radius 1 is 1.45 bits per heavy atom. The minimum Gasteiger partial charge on any atom is -0.497 e. The SMILES string of the molecule is CN=C(NCc1cccc(OC)c1)NCC1CN(C)CCO1. The maximum absolute atomic E-state index is 5.73. The number of hydrogen-bond donors (Lipinski definition) is 2. The first kappa shape index (κ1) is 16.6. The number of methoxy groups -OCH3 is 1. The zero-order valence-corrected chi connectivity index (χ0v) is 13.6. The van der Waals surface area contributed by atoms with Crippen molar-refractivity contribution in [1.29, 1.82) is 0 Å². The van der Waals surface area contributed by atoms with Crippen molar-refractivity contribution < 1.29 is 9.47 Å². The van der Waals surface area contributed by atoms with Gasteiger partial charge in [-0.15, -0.1) is 0 Å².